The molecule has 0 aromatic carbocycles. The lowest BCUT2D eigenvalue weighted by Gasteiger charge is -2.12. The average molecular weight is 310 g/mol. The number of aliphatic hydroxyl groups is 3. The third-order valence-electron chi connectivity index (χ3n) is 3.87. The summed E-state index contributed by atoms with van der Waals surface area (Å²) in [5.74, 6) is 0.871. The summed E-state index contributed by atoms with van der Waals surface area (Å²) in [6.07, 6.45) is -2.42. The SMILES string of the molecule is OC[C@H]1O[C@@H](c2nn3c4c(ncnc24)SCC3)[C@H](O)[C@@H]1O. The van der Waals surface area contributed by atoms with Crippen LogP contribution >= 0.6 is 11.8 Å². The summed E-state index contributed by atoms with van der Waals surface area (Å²) >= 11 is 1.64. The molecule has 1 saturated heterocycles. The van der Waals surface area contributed by atoms with Crippen LogP contribution in [0.1, 0.15) is 11.8 Å². The molecule has 8 nitrogen and oxygen atoms in total. The second-order valence-electron chi connectivity index (χ2n) is 5.09. The van der Waals surface area contributed by atoms with Crippen molar-refractivity contribution in [3.05, 3.63) is 12.0 Å². The van der Waals surface area contributed by atoms with E-state index >= 15 is 0 Å². The fourth-order valence-corrected chi connectivity index (χ4v) is 3.74. The molecule has 2 aromatic heterocycles. The highest BCUT2D eigenvalue weighted by Crippen LogP contribution is 2.38. The van der Waals surface area contributed by atoms with E-state index in [4.69, 9.17) is 4.74 Å². The molecule has 4 rings (SSSR count). The molecule has 4 atom stereocenters. The summed E-state index contributed by atoms with van der Waals surface area (Å²) in [6.45, 7) is 0.375. The smallest absolute Gasteiger partial charge is 0.133 e. The zero-order chi connectivity index (χ0) is 14.6. The molecule has 1 fully saturated rings. The minimum Gasteiger partial charge on any atom is -0.394 e. The van der Waals surface area contributed by atoms with Crippen LogP contribution in [0.4, 0.5) is 0 Å². The minimum atomic E-state index is -1.14. The Bertz CT molecular complexity index is 693. The van der Waals surface area contributed by atoms with Gasteiger partial charge < -0.3 is 20.1 Å². The van der Waals surface area contributed by atoms with Gasteiger partial charge in [0.05, 0.1) is 13.2 Å². The average Bonchev–Trinajstić information content (AvgIpc) is 3.01. The fourth-order valence-electron chi connectivity index (χ4n) is 2.82. The first-order valence-corrected chi connectivity index (χ1v) is 7.66. The van der Waals surface area contributed by atoms with Crippen molar-refractivity contribution in [3.8, 4) is 0 Å². The highest BCUT2D eigenvalue weighted by atomic mass is 32.2. The second-order valence-corrected chi connectivity index (χ2v) is 6.18. The highest BCUT2D eigenvalue weighted by Gasteiger charge is 2.45. The lowest BCUT2D eigenvalue weighted by atomic mass is 10.1. The molecule has 0 radical (unpaired) electrons. The molecular formula is C12H14N4O4S. The Kier molecular flexibility index (Phi) is 3.12. The van der Waals surface area contributed by atoms with Gasteiger partial charge in [-0.25, -0.2) is 9.97 Å². The Morgan fingerprint density at radius 2 is 2.19 bits per heavy atom. The van der Waals surface area contributed by atoms with Crippen LogP contribution in [-0.2, 0) is 11.3 Å². The molecule has 2 aromatic rings. The number of nitrogens with zero attached hydrogens (tertiary/aromatic N) is 4. The maximum Gasteiger partial charge on any atom is 0.133 e. The van der Waals surface area contributed by atoms with Crippen molar-refractivity contribution < 1.29 is 20.1 Å². The van der Waals surface area contributed by atoms with Gasteiger partial charge in [0.1, 0.15) is 52.5 Å². The van der Waals surface area contributed by atoms with Gasteiger partial charge in [-0.15, -0.1) is 11.8 Å². The summed E-state index contributed by atoms with van der Waals surface area (Å²) in [5, 5.41) is 34.6. The van der Waals surface area contributed by atoms with Gasteiger partial charge >= 0.3 is 0 Å². The van der Waals surface area contributed by atoms with Crippen LogP contribution in [0.15, 0.2) is 11.4 Å². The summed E-state index contributed by atoms with van der Waals surface area (Å²) in [4.78, 5) is 8.50. The van der Waals surface area contributed by atoms with Crippen molar-refractivity contribution in [3.63, 3.8) is 0 Å². The summed E-state index contributed by atoms with van der Waals surface area (Å²) in [7, 11) is 0. The van der Waals surface area contributed by atoms with Crippen molar-refractivity contribution in [2.75, 3.05) is 12.4 Å². The molecular weight excluding hydrogens is 296 g/mol. The molecule has 0 aliphatic carbocycles. The van der Waals surface area contributed by atoms with Gasteiger partial charge in [0.25, 0.3) is 0 Å². The second kappa shape index (κ2) is 4.89. The molecule has 0 unspecified atom stereocenters. The maximum atomic E-state index is 10.2. The quantitative estimate of drug-likeness (QED) is 0.611. The first kappa shape index (κ1) is 13.4. The van der Waals surface area contributed by atoms with Crippen molar-refractivity contribution in [2.45, 2.75) is 36.0 Å². The van der Waals surface area contributed by atoms with E-state index in [1.807, 2.05) is 4.68 Å². The number of aromatic nitrogens is 4. The van der Waals surface area contributed by atoms with Gasteiger partial charge in [-0.3, -0.25) is 4.68 Å². The third-order valence-corrected chi connectivity index (χ3v) is 4.83. The van der Waals surface area contributed by atoms with Gasteiger partial charge in [0.2, 0.25) is 0 Å². The van der Waals surface area contributed by atoms with Crippen LogP contribution in [0.25, 0.3) is 11.0 Å². The molecule has 21 heavy (non-hydrogen) atoms. The van der Waals surface area contributed by atoms with E-state index in [1.165, 1.54) is 6.33 Å². The van der Waals surface area contributed by atoms with E-state index < -0.39 is 24.4 Å². The Morgan fingerprint density at radius 3 is 2.95 bits per heavy atom. The lowest BCUT2D eigenvalue weighted by Crippen LogP contribution is -2.32. The number of aliphatic hydroxyl groups excluding tert-OH is 3. The number of hydrogen-bond acceptors (Lipinski definition) is 8. The minimum absolute atomic E-state index is 0.358. The Hall–Kier alpha value is -1.26. The zero-order valence-electron chi connectivity index (χ0n) is 11.0. The van der Waals surface area contributed by atoms with Gasteiger partial charge in [0, 0.05) is 5.75 Å². The van der Waals surface area contributed by atoms with Crippen LogP contribution in [0.5, 0.6) is 0 Å². The number of rotatable bonds is 2. The number of aryl methyl sites for hydroxylation is 1. The van der Waals surface area contributed by atoms with Gasteiger partial charge in [-0.2, -0.15) is 5.10 Å². The first-order chi connectivity index (χ1) is 10.2. The molecule has 0 spiro atoms. The van der Waals surface area contributed by atoms with Crippen LogP contribution < -0.4 is 0 Å². The molecule has 0 amide bonds. The van der Waals surface area contributed by atoms with Gasteiger partial charge in [-0.05, 0) is 0 Å². The standard InChI is InChI=1S/C12H14N4O4S/c17-3-5-9(18)10(19)11(20-5)7-6-8-12(14-4-13-6)21-2-1-16(8)15-7/h4-5,9-11,17-19H,1-3H2/t5-,9-,10-,11+/m1/s1. The zero-order valence-corrected chi connectivity index (χ0v) is 11.8. The van der Waals surface area contributed by atoms with Gasteiger partial charge in [-0.1, -0.05) is 0 Å². The van der Waals surface area contributed by atoms with E-state index in [2.05, 4.69) is 15.1 Å². The van der Waals surface area contributed by atoms with E-state index in [9.17, 15) is 15.3 Å². The summed E-state index contributed by atoms with van der Waals surface area (Å²) in [5.41, 5.74) is 1.95. The van der Waals surface area contributed by atoms with Crippen LogP contribution in [0.2, 0.25) is 0 Å². The Balaban J connectivity index is 1.83. The van der Waals surface area contributed by atoms with E-state index in [-0.39, 0.29) is 6.61 Å². The molecule has 9 heteroatoms. The van der Waals surface area contributed by atoms with E-state index in [1.54, 1.807) is 11.8 Å². The summed E-state index contributed by atoms with van der Waals surface area (Å²) < 4.78 is 7.37. The van der Waals surface area contributed by atoms with E-state index in [0.29, 0.717) is 11.2 Å². The maximum absolute atomic E-state index is 10.2. The van der Waals surface area contributed by atoms with E-state index in [0.717, 1.165) is 22.8 Å². The molecule has 0 saturated carbocycles. The van der Waals surface area contributed by atoms with Crippen molar-refractivity contribution in [1.82, 2.24) is 19.7 Å². The number of hydrogen-bond donors (Lipinski definition) is 3. The first-order valence-electron chi connectivity index (χ1n) is 6.67. The van der Waals surface area contributed by atoms with Crippen LogP contribution in [0, 0.1) is 0 Å². The fraction of sp³-hybridized carbons (Fsp3) is 0.583. The number of thioether (sulfide) groups is 1. The highest BCUT2D eigenvalue weighted by molar-refractivity contribution is 7.99. The van der Waals surface area contributed by atoms with Crippen molar-refractivity contribution in [1.29, 1.82) is 0 Å². The molecule has 4 heterocycles. The normalized spacial score (nSPS) is 32.0. The Labute approximate surface area is 123 Å². The molecule has 0 bridgehead atoms. The number of ether oxygens (including phenoxy) is 1. The topological polar surface area (TPSA) is 114 Å². The molecule has 2 aliphatic rings. The van der Waals surface area contributed by atoms with Crippen LogP contribution in [0.3, 0.4) is 0 Å². The summed E-state index contributed by atoms with van der Waals surface area (Å²) in [6, 6.07) is 0. The third kappa shape index (κ3) is 1.89. The predicted octanol–water partition coefficient (Wildman–Crippen LogP) is -0.914. The van der Waals surface area contributed by atoms with Crippen molar-refractivity contribution in [2.24, 2.45) is 0 Å². The van der Waals surface area contributed by atoms with Crippen molar-refractivity contribution >= 4 is 22.8 Å². The monoisotopic (exact) mass is 310 g/mol. The molecule has 112 valence electrons. The largest absolute Gasteiger partial charge is 0.394 e. The lowest BCUT2D eigenvalue weighted by molar-refractivity contribution is -0.0237. The molecule has 3 N–H and O–H groups in total. The van der Waals surface area contributed by atoms with Gasteiger partial charge in [0.15, 0.2) is 0 Å². The predicted molar refractivity (Wildman–Crippen MR) is 72.8 cm³/mol. The molecule has 2 aliphatic heterocycles. The Morgan fingerprint density at radius 1 is 1.33 bits per heavy atom. The van der Waals surface area contributed by atoms with Crippen LogP contribution in [-0.4, -0.2) is 65.7 Å².